The fourth-order valence-corrected chi connectivity index (χ4v) is 4.86. The lowest BCUT2D eigenvalue weighted by molar-refractivity contribution is -0.247. The summed E-state index contributed by atoms with van der Waals surface area (Å²) < 4.78 is 17.7. The number of carbonyl (C=O) groups excluding carboxylic acids is 1. The smallest absolute Gasteiger partial charge is 0.283 e. The van der Waals surface area contributed by atoms with E-state index in [1.54, 1.807) is 12.1 Å². The first-order valence-electron chi connectivity index (χ1n) is 9.79. The first kappa shape index (κ1) is 21.5. The number of carbonyl (C=O) groups is 1. The second kappa shape index (κ2) is 7.19. The third-order valence-corrected chi connectivity index (χ3v) is 6.83. The van der Waals surface area contributed by atoms with Gasteiger partial charge in [0.1, 0.15) is 29.2 Å². The normalized spacial score (nSPS) is 24.3. The van der Waals surface area contributed by atoms with Crippen LogP contribution in [0.4, 0.5) is 0 Å². The zero-order chi connectivity index (χ0) is 21.1. The molecule has 1 aromatic carbocycles. The number of halogens is 1. The van der Waals surface area contributed by atoms with E-state index in [2.05, 4.69) is 4.98 Å². The van der Waals surface area contributed by atoms with E-state index in [-0.39, 0.29) is 23.7 Å². The van der Waals surface area contributed by atoms with Crippen LogP contribution in [0.1, 0.15) is 35.5 Å². The van der Waals surface area contributed by atoms with Crippen LogP contribution < -0.4 is 10.5 Å². The molecule has 0 amide bonds. The van der Waals surface area contributed by atoms with Crippen LogP contribution in [0.2, 0.25) is 5.02 Å². The Labute approximate surface area is 184 Å². The molecular formula is C22H24ClN3O5. The summed E-state index contributed by atoms with van der Waals surface area (Å²) in [5.41, 5.74) is 6.40. The summed E-state index contributed by atoms with van der Waals surface area (Å²) >= 11 is 5.87. The maximum atomic E-state index is 12.7. The molecule has 31 heavy (non-hydrogen) atoms. The number of amidine groups is 1. The summed E-state index contributed by atoms with van der Waals surface area (Å²) in [5, 5.41) is 0.492. The quantitative estimate of drug-likeness (QED) is 0.720. The van der Waals surface area contributed by atoms with E-state index in [1.165, 1.54) is 6.20 Å². The summed E-state index contributed by atoms with van der Waals surface area (Å²) in [6.07, 6.45) is 1.67. The molecule has 5 rings (SSSR count). The molecule has 1 aromatic heterocycles. The predicted octanol–water partition coefficient (Wildman–Crippen LogP) is 2.06. The van der Waals surface area contributed by atoms with Crippen LogP contribution in [0.5, 0.6) is 5.75 Å². The van der Waals surface area contributed by atoms with Crippen LogP contribution in [-0.4, -0.2) is 47.7 Å². The van der Waals surface area contributed by atoms with Gasteiger partial charge in [0.05, 0.1) is 23.7 Å². The number of benzene rings is 1. The van der Waals surface area contributed by atoms with Gasteiger partial charge in [-0.25, -0.2) is 4.99 Å². The molecule has 1 atom stereocenters. The van der Waals surface area contributed by atoms with Crippen LogP contribution in [-0.2, 0) is 21.4 Å². The number of fused-ring (bicyclic) bond motifs is 3. The third kappa shape index (κ3) is 3.01. The highest BCUT2D eigenvalue weighted by molar-refractivity contribution is 6.30. The second-order valence-electron chi connectivity index (χ2n) is 8.58. The Morgan fingerprint density at radius 2 is 1.97 bits per heavy atom. The first-order valence-corrected chi connectivity index (χ1v) is 10.2. The Hall–Kier alpha value is -2.68. The largest absolute Gasteiger partial charge is 0.487 e. The zero-order valence-electron chi connectivity index (χ0n) is 17.3. The van der Waals surface area contributed by atoms with Crippen LogP contribution in [0.15, 0.2) is 41.5 Å². The molecule has 8 nitrogen and oxygen atoms in total. The molecular weight excluding hydrogens is 422 g/mol. The number of nitrogens with zero attached hydrogens (tertiary/aromatic N) is 2. The Kier molecular flexibility index (Phi) is 4.99. The van der Waals surface area contributed by atoms with Crippen molar-refractivity contribution < 1.29 is 24.5 Å². The molecule has 4 N–H and O–H groups in total. The Balaban J connectivity index is 0.00000231. The number of ether oxygens (including phenoxy) is 3. The maximum absolute atomic E-state index is 12.7. The molecule has 0 unspecified atom stereocenters. The first-order chi connectivity index (χ1) is 14.3. The van der Waals surface area contributed by atoms with E-state index in [1.807, 2.05) is 32.0 Å². The van der Waals surface area contributed by atoms with Crippen molar-refractivity contribution in [2.45, 2.75) is 31.4 Å². The lowest BCUT2D eigenvalue weighted by Crippen LogP contribution is -2.71. The van der Waals surface area contributed by atoms with Crippen molar-refractivity contribution in [3.8, 4) is 5.75 Å². The number of nitrogens with two attached hydrogens (primary N) is 1. The van der Waals surface area contributed by atoms with E-state index in [4.69, 9.17) is 36.5 Å². The maximum Gasteiger partial charge on any atom is 0.283 e. The van der Waals surface area contributed by atoms with Gasteiger partial charge in [-0.3, -0.25) is 9.78 Å². The summed E-state index contributed by atoms with van der Waals surface area (Å²) in [6, 6.07) is 9.22. The van der Waals surface area contributed by atoms with E-state index in [9.17, 15) is 4.79 Å². The van der Waals surface area contributed by atoms with Crippen molar-refractivity contribution in [2.75, 3.05) is 19.8 Å². The second-order valence-corrected chi connectivity index (χ2v) is 9.01. The van der Waals surface area contributed by atoms with Gasteiger partial charge in [-0.1, -0.05) is 17.7 Å². The standard InChI is InChI=1S/C22H22ClN3O4.H2O/c1-20(2)21(10-28-11-21)22(12-29-19(24)26-22)15-7-13(3-6-18(15)30-20)8-17(27)16-5-4-14(23)9-25-16;/h3-7,9H,8,10-12H2,1-2H3,(H2,24,26);1H2/t22-;/m1./s1. The van der Waals surface area contributed by atoms with Gasteiger partial charge >= 0.3 is 0 Å². The fraction of sp³-hybridized carbons (Fsp3) is 0.409. The lowest BCUT2D eigenvalue weighted by Gasteiger charge is -2.61. The molecule has 0 saturated carbocycles. The van der Waals surface area contributed by atoms with Crippen molar-refractivity contribution in [3.63, 3.8) is 0 Å². The van der Waals surface area contributed by atoms with Crippen molar-refractivity contribution >= 4 is 23.4 Å². The molecule has 3 aliphatic rings. The molecule has 0 bridgehead atoms. The highest BCUT2D eigenvalue weighted by atomic mass is 35.5. The summed E-state index contributed by atoms with van der Waals surface area (Å²) in [6.45, 7) is 5.41. The summed E-state index contributed by atoms with van der Waals surface area (Å²) in [5.74, 6) is 0.630. The molecule has 3 aliphatic heterocycles. The van der Waals surface area contributed by atoms with Crippen LogP contribution in [0.3, 0.4) is 0 Å². The average Bonchev–Trinajstić information content (AvgIpc) is 3.03. The minimum Gasteiger partial charge on any atom is -0.487 e. The highest BCUT2D eigenvalue weighted by Crippen LogP contribution is 2.62. The van der Waals surface area contributed by atoms with Crippen LogP contribution >= 0.6 is 11.6 Å². The molecule has 2 aromatic rings. The van der Waals surface area contributed by atoms with E-state index in [0.717, 1.165) is 16.9 Å². The molecule has 0 radical (unpaired) electrons. The van der Waals surface area contributed by atoms with Gasteiger partial charge in [0.2, 0.25) is 0 Å². The Bertz CT molecular complexity index is 1070. The number of Topliss-reactive ketones (excluding diaryl/α,β-unsaturated/α-hetero) is 1. The molecule has 1 fully saturated rings. The molecule has 1 saturated heterocycles. The van der Waals surface area contributed by atoms with Crippen LogP contribution in [0, 0.1) is 5.41 Å². The summed E-state index contributed by atoms with van der Waals surface area (Å²) in [7, 11) is 0. The summed E-state index contributed by atoms with van der Waals surface area (Å²) in [4.78, 5) is 21.6. The number of ketones is 1. The molecule has 4 heterocycles. The molecule has 164 valence electrons. The number of aliphatic imine (C=N–C) groups is 1. The third-order valence-electron chi connectivity index (χ3n) is 6.60. The topological polar surface area (TPSA) is 128 Å². The lowest BCUT2D eigenvalue weighted by atomic mass is 9.55. The number of hydrogen-bond donors (Lipinski definition) is 1. The Morgan fingerprint density at radius 3 is 2.55 bits per heavy atom. The van der Waals surface area contributed by atoms with Crippen molar-refractivity contribution in [2.24, 2.45) is 16.1 Å². The minimum atomic E-state index is -0.718. The predicted molar refractivity (Wildman–Crippen MR) is 115 cm³/mol. The van der Waals surface area contributed by atoms with E-state index in [0.29, 0.717) is 30.5 Å². The number of rotatable bonds is 3. The van der Waals surface area contributed by atoms with Gasteiger partial charge in [0.25, 0.3) is 6.02 Å². The SMILES string of the molecule is CC1(C)Oc2ccc(CC(=O)c3ccc(Cl)cn3)cc2[C@]2(COC(N)=N2)C12COC2.O. The molecule has 2 spiro atoms. The number of hydrogen-bond acceptors (Lipinski definition) is 7. The molecule has 0 aliphatic carbocycles. The van der Waals surface area contributed by atoms with Gasteiger partial charge in [0.15, 0.2) is 5.78 Å². The Morgan fingerprint density at radius 1 is 1.19 bits per heavy atom. The fourth-order valence-electron chi connectivity index (χ4n) is 4.75. The van der Waals surface area contributed by atoms with Gasteiger partial charge < -0.3 is 25.4 Å². The van der Waals surface area contributed by atoms with E-state index < -0.39 is 16.6 Å². The van der Waals surface area contributed by atoms with Gasteiger partial charge in [-0.2, -0.15) is 0 Å². The van der Waals surface area contributed by atoms with Gasteiger partial charge in [0, 0.05) is 18.2 Å². The van der Waals surface area contributed by atoms with Crippen LogP contribution in [0.25, 0.3) is 0 Å². The van der Waals surface area contributed by atoms with Crippen molar-refractivity contribution in [3.05, 3.63) is 58.4 Å². The minimum absolute atomic E-state index is 0. The monoisotopic (exact) mass is 445 g/mol. The van der Waals surface area contributed by atoms with Crippen molar-refractivity contribution in [1.82, 2.24) is 4.98 Å². The van der Waals surface area contributed by atoms with E-state index >= 15 is 0 Å². The van der Waals surface area contributed by atoms with Gasteiger partial charge in [-0.05, 0) is 43.7 Å². The van der Waals surface area contributed by atoms with Crippen molar-refractivity contribution in [1.29, 1.82) is 0 Å². The van der Waals surface area contributed by atoms with Gasteiger partial charge in [-0.15, -0.1) is 0 Å². The highest BCUT2D eigenvalue weighted by Gasteiger charge is 2.71. The average molecular weight is 446 g/mol. The zero-order valence-corrected chi connectivity index (χ0v) is 18.0. The number of aromatic nitrogens is 1. The molecule has 9 heteroatoms. The number of pyridine rings is 1.